The van der Waals surface area contributed by atoms with Crippen LogP contribution in [-0.2, 0) is 0 Å². The molecule has 1 aromatic heterocycles. The highest BCUT2D eigenvalue weighted by Crippen LogP contribution is 2.25. The van der Waals surface area contributed by atoms with Gasteiger partial charge in [-0.1, -0.05) is 13.8 Å². The first-order chi connectivity index (χ1) is 7.58. The average molecular weight is 219 g/mol. The third kappa shape index (κ3) is 1.98. The van der Waals surface area contributed by atoms with Crippen LogP contribution in [0.1, 0.15) is 31.2 Å². The zero-order valence-corrected chi connectivity index (χ0v) is 9.62. The Morgan fingerprint density at radius 2 is 2.06 bits per heavy atom. The first-order valence-corrected chi connectivity index (χ1v) is 5.30. The van der Waals surface area contributed by atoms with Crippen LogP contribution in [0.3, 0.4) is 0 Å². The Morgan fingerprint density at radius 1 is 1.31 bits per heavy atom. The molecule has 0 radical (unpaired) electrons. The van der Waals surface area contributed by atoms with Crippen LogP contribution in [-0.4, -0.2) is 4.98 Å². The lowest BCUT2D eigenvalue weighted by Crippen LogP contribution is -1.93. The van der Waals surface area contributed by atoms with Crippen LogP contribution >= 0.6 is 0 Å². The molecule has 0 N–H and O–H groups in total. The van der Waals surface area contributed by atoms with E-state index in [1.165, 1.54) is 6.07 Å². The molecule has 0 saturated carbocycles. The van der Waals surface area contributed by atoms with Crippen molar-refractivity contribution in [3.05, 3.63) is 41.7 Å². The Bertz CT molecular complexity index is 502. The van der Waals surface area contributed by atoms with Crippen molar-refractivity contribution in [2.75, 3.05) is 0 Å². The summed E-state index contributed by atoms with van der Waals surface area (Å²) in [5.74, 6) is 0.609. The fourth-order valence-corrected chi connectivity index (χ4v) is 1.64. The SMILES string of the molecule is Cc1nc(-c2ccc(F)c(C(C)C)c2)co1. The van der Waals surface area contributed by atoms with Crippen molar-refractivity contribution >= 4 is 0 Å². The van der Waals surface area contributed by atoms with E-state index >= 15 is 0 Å². The summed E-state index contributed by atoms with van der Waals surface area (Å²) in [6.07, 6.45) is 1.59. The highest BCUT2D eigenvalue weighted by molar-refractivity contribution is 5.59. The van der Waals surface area contributed by atoms with Crippen LogP contribution in [0.2, 0.25) is 0 Å². The van der Waals surface area contributed by atoms with Crippen molar-refractivity contribution in [3.63, 3.8) is 0 Å². The maximum atomic E-state index is 13.5. The number of aryl methyl sites for hydroxylation is 1. The maximum absolute atomic E-state index is 13.5. The standard InChI is InChI=1S/C13H14FNO/c1-8(2)11-6-10(4-5-12(11)14)13-7-16-9(3)15-13/h4-8H,1-3H3. The van der Waals surface area contributed by atoms with Gasteiger partial charge in [0, 0.05) is 12.5 Å². The van der Waals surface area contributed by atoms with Crippen LogP contribution in [0.4, 0.5) is 4.39 Å². The van der Waals surface area contributed by atoms with Gasteiger partial charge in [-0.3, -0.25) is 0 Å². The number of nitrogens with zero attached hydrogens (tertiary/aromatic N) is 1. The minimum absolute atomic E-state index is 0.160. The van der Waals surface area contributed by atoms with Gasteiger partial charge >= 0.3 is 0 Å². The quantitative estimate of drug-likeness (QED) is 0.765. The minimum Gasteiger partial charge on any atom is -0.449 e. The zero-order valence-electron chi connectivity index (χ0n) is 9.62. The van der Waals surface area contributed by atoms with Crippen molar-refractivity contribution in [2.24, 2.45) is 0 Å². The molecule has 84 valence electrons. The van der Waals surface area contributed by atoms with Crippen molar-refractivity contribution < 1.29 is 8.81 Å². The van der Waals surface area contributed by atoms with Crippen LogP contribution in [0.5, 0.6) is 0 Å². The molecule has 0 saturated heterocycles. The van der Waals surface area contributed by atoms with Gasteiger partial charge in [0.2, 0.25) is 0 Å². The Hall–Kier alpha value is -1.64. The van der Waals surface area contributed by atoms with Crippen LogP contribution in [0.25, 0.3) is 11.3 Å². The molecule has 1 heterocycles. The summed E-state index contributed by atoms with van der Waals surface area (Å²) < 4.78 is 18.6. The molecule has 0 fully saturated rings. The molecule has 0 amide bonds. The predicted octanol–water partition coefficient (Wildman–Crippen LogP) is 3.91. The van der Waals surface area contributed by atoms with Crippen molar-refractivity contribution in [2.45, 2.75) is 26.7 Å². The van der Waals surface area contributed by atoms with E-state index in [-0.39, 0.29) is 11.7 Å². The molecular formula is C13H14FNO. The average Bonchev–Trinajstić information content (AvgIpc) is 2.65. The van der Waals surface area contributed by atoms with E-state index in [0.717, 1.165) is 11.3 Å². The molecule has 0 aliphatic carbocycles. The molecule has 0 atom stereocenters. The number of hydrogen-bond acceptors (Lipinski definition) is 2. The van der Waals surface area contributed by atoms with Crippen molar-refractivity contribution in [1.29, 1.82) is 0 Å². The third-order valence-electron chi connectivity index (χ3n) is 2.53. The lowest BCUT2D eigenvalue weighted by Gasteiger charge is -2.08. The van der Waals surface area contributed by atoms with Gasteiger partial charge in [0.25, 0.3) is 0 Å². The summed E-state index contributed by atoms with van der Waals surface area (Å²) in [7, 11) is 0. The van der Waals surface area contributed by atoms with E-state index < -0.39 is 0 Å². The topological polar surface area (TPSA) is 26.0 Å². The second-order valence-corrected chi connectivity index (χ2v) is 4.14. The highest BCUT2D eigenvalue weighted by Gasteiger charge is 2.10. The molecule has 0 aliphatic rings. The molecule has 2 rings (SSSR count). The normalized spacial score (nSPS) is 11.1. The molecule has 0 aliphatic heterocycles. The summed E-state index contributed by atoms with van der Waals surface area (Å²) in [6, 6.07) is 5.03. The van der Waals surface area contributed by atoms with Gasteiger partial charge in [0.05, 0.1) is 0 Å². The second kappa shape index (κ2) is 4.08. The van der Waals surface area contributed by atoms with Gasteiger partial charge in [0.1, 0.15) is 17.8 Å². The maximum Gasteiger partial charge on any atom is 0.191 e. The first-order valence-electron chi connectivity index (χ1n) is 5.30. The third-order valence-corrected chi connectivity index (χ3v) is 2.53. The van der Waals surface area contributed by atoms with Gasteiger partial charge in [-0.25, -0.2) is 9.37 Å². The Balaban J connectivity index is 2.47. The molecule has 16 heavy (non-hydrogen) atoms. The zero-order chi connectivity index (χ0) is 11.7. The smallest absolute Gasteiger partial charge is 0.191 e. The number of benzene rings is 1. The number of rotatable bonds is 2. The Kier molecular flexibility index (Phi) is 2.77. The van der Waals surface area contributed by atoms with E-state index in [2.05, 4.69) is 4.98 Å². The second-order valence-electron chi connectivity index (χ2n) is 4.14. The van der Waals surface area contributed by atoms with E-state index in [1.807, 2.05) is 19.9 Å². The summed E-state index contributed by atoms with van der Waals surface area (Å²) in [5.41, 5.74) is 2.35. The molecule has 1 aromatic carbocycles. The summed E-state index contributed by atoms with van der Waals surface area (Å²) in [5, 5.41) is 0. The molecular weight excluding hydrogens is 205 g/mol. The van der Waals surface area contributed by atoms with E-state index in [4.69, 9.17) is 4.42 Å². The first kappa shape index (κ1) is 10.9. The monoisotopic (exact) mass is 219 g/mol. The number of halogens is 1. The molecule has 0 unspecified atom stereocenters. The van der Waals surface area contributed by atoms with Crippen LogP contribution in [0, 0.1) is 12.7 Å². The molecule has 3 heteroatoms. The Morgan fingerprint density at radius 3 is 2.62 bits per heavy atom. The predicted molar refractivity (Wildman–Crippen MR) is 60.7 cm³/mol. The van der Waals surface area contributed by atoms with Gasteiger partial charge in [-0.05, 0) is 29.7 Å². The lowest BCUT2D eigenvalue weighted by molar-refractivity contribution is 0.521. The van der Waals surface area contributed by atoms with Crippen LogP contribution < -0.4 is 0 Å². The van der Waals surface area contributed by atoms with Crippen LogP contribution in [0.15, 0.2) is 28.9 Å². The van der Waals surface area contributed by atoms with E-state index in [0.29, 0.717) is 11.5 Å². The Labute approximate surface area is 94.1 Å². The number of aromatic nitrogens is 1. The van der Waals surface area contributed by atoms with E-state index in [1.54, 1.807) is 19.3 Å². The largest absolute Gasteiger partial charge is 0.449 e. The van der Waals surface area contributed by atoms with Crippen molar-refractivity contribution in [3.8, 4) is 11.3 Å². The van der Waals surface area contributed by atoms with E-state index in [9.17, 15) is 4.39 Å². The molecule has 0 bridgehead atoms. The van der Waals surface area contributed by atoms with Gasteiger partial charge in [-0.2, -0.15) is 0 Å². The van der Waals surface area contributed by atoms with Gasteiger partial charge < -0.3 is 4.42 Å². The lowest BCUT2D eigenvalue weighted by atomic mass is 9.99. The fourth-order valence-electron chi connectivity index (χ4n) is 1.64. The van der Waals surface area contributed by atoms with Gasteiger partial charge in [0.15, 0.2) is 5.89 Å². The van der Waals surface area contributed by atoms with Crippen molar-refractivity contribution in [1.82, 2.24) is 4.98 Å². The summed E-state index contributed by atoms with van der Waals surface area (Å²) in [6.45, 7) is 5.73. The summed E-state index contributed by atoms with van der Waals surface area (Å²) in [4.78, 5) is 4.22. The number of oxazole rings is 1. The summed E-state index contributed by atoms with van der Waals surface area (Å²) >= 11 is 0. The fraction of sp³-hybridized carbons (Fsp3) is 0.308. The highest BCUT2D eigenvalue weighted by atomic mass is 19.1. The number of hydrogen-bond donors (Lipinski definition) is 0. The molecule has 0 spiro atoms. The minimum atomic E-state index is -0.168. The molecule has 2 nitrogen and oxygen atoms in total. The molecule has 2 aromatic rings. The van der Waals surface area contributed by atoms with Gasteiger partial charge in [-0.15, -0.1) is 0 Å².